The second kappa shape index (κ2) is 7.28. The smallest absolute Gasteiger partial charge is 0.233 e. The van der Waals surface area contributed by atoms with Crippen LogP contribution in [0.1, 0.15) is 5.69 Å². The number of pyridine rings is 1. The van der Waals surface area contributed by atoms with E-state index in [0.717, 1.165) is 16.8 Å². The lowest BCUT2D eigenvalue weighted by atomic mass is 10.1. The van der Waals surface area contributed by atoms with Gasteiger partial charge in [0.05, 0.1) is 11.9 Å². The first-order valence-corrected chi connectivity index (χ1v) is 5.18. The molecule has 3 aromatic rings. The lowest BCUT2D eigenvalue weighted by Crippen LogP contribution is -1.89. The number of rotatable bonds is 1. The van der Waals surface area contributed by atoms with E-state index in [4.69, 9.17) is 0 Å². The quantitative estimate of drug-likeness (QED) is 0.742. The number of fused-ring (bicyclic) bond motifs is 1. The molecule has 0 atom stereocenters. The van der Waals surface area contributed by atoms with Crippen LogP contribution < -0.4 is 0 Å². The fourth-order valence-electron chi connectivity index (χ4n) is 1.74. The van der Waals surface area contributed by atoms with Gasteiger partial charge in [-0.15, -0.1) is 37.2 Å². The summed E-state index contributed by atoms with van der Waals surface area (Å²) in [4.78, 5) is 12.4. The molecule has 0 aliphatic heterocycles. The van der Waals surface area contributed by atoms with E-state index in [1.807, 2.05) is 23.7 Å². The van der Waals surface area contributed by atoms with Crippen molar-refractivity contribution in [1.82, 2.24) is 19.4 Å². The molecule has 0 aliphatic rings. The number of hydrogen-bond acceptors (Lipinski definition) is 4. The highest BCUT2D eigenvalue weighted by molar-refractivity contribution is 5.86. The number of aromatic hydroxyl groups is 1. The summed E-state index contributed by atoms with van der Waals surface area (Å²) in [5.74, 6) is 0.809. The summed E-state index contributed by atoms with van der Waals surface area (Å²) in [6, 6.07) is 1.65. The molecule has 20 heavy (non-hydrogen) atoms. The maximum Gasteiger partial charge on any atom is 0.233 e. The first-order chi connectivity index (χ1) is 8.22. The third-order valence-electron chi connectivity index (χ3n) is 2.49. The van der Waals surface area contributed by atoms with Gasteiger partial charge in [-0.25, -0.2) is 9.97 Å². The molecule has 0 spiro atoms. The second-order valence-corrected chi connectivity index (χ2v) is 3.86. The Labute approximate surface area is 134 Å². The van der Waals surface area contributed by atoms with Gasteiger partial charge < -0.3 is 5.11 Å². The average molecular weight is 336 g/mol. The van der Waals surface area contributed by atoms with Crippen molar-refractivity contribution in [3.8, 4) is 16.9 Å². The van der Waals surface area contributed by atoms with Gasteiger partial charge in [-0.3, -0.25) is 9.38 Å². The van der Waals surface area contributed by atoms with Gasteiger partial charge in [0.2, 0.25) is 5.78 Å². The largest absolute Gasteiger partial charge is 0.506 e. The lowest BCUT2D eigenvalue weighted by molar-refractivity contribution is 0.473. The second-order valence-electron chi connectivity index (χ2n) is 3.86. The highest BCUT2D eigenvalue weighted by Gasteiger charge is 2.03. The number of nitrogens with zero attached hydrogens (tertiary/aromatic N) is 4. The van der Waals surface area contributed by atoms with Crippen LogP contribution >= 0.6 is 37.2 Å². The van der Waals surface area contributed by atoms with Crippen molar-refractivity contribution in [2.45, 2.75) is 6.92 Å². The standard InChI is InChI=1S/C12H10N4O.3ClH/c1-8-6-16-7-10(4-14-12(16)15-8)9-2-11(17)5-13-3-9;;;/h2-7,17H,1H3;3*1H. The fourth-order valence-corrected chi connectivity index (χ4v) is 1.74. The minimum Gasteiger partial charge on any atom is -0.506 e. The summed E-state index contributed by atoms with van der Waals surface area (Å²) in [7, 11) is 0. The molecule has 0 aliphatic carbocycles. The van der Waals surface area contributed by atoms with E-state index in [9.17, 15) is 5.11 Å². The number of aromatic nitrogens is 4. The number of aryl methyl sites for hydroxylation is 1. The van der Waals surface area contributed by atoms with Crippen LogP contribution in [-0.4, -0.2) is 24.5 Å². The molecule has 0 bridgehead atoms. The highest BCUT2D eigenvalue weighted by Crippen LogP contribution is 2.21. The van der Waals surface area contributed by atoms with Crippen molar-refractivity contribution in [2.24, 2.45) is 0 Å². The van der Waals surface area contributed by atoms with Crippen LogP contribution in [0.2, 0.25) is 0 Å². The van der Waals surface area contributed by atoms with Gasteiger partial charge in [0, 0.05) is 35.9 Å². The molecular formula is C12H13Cl3N4O. The molecule has 0 radical (unpaired) electrons. The van der Waals surface area contributed by atoms with Gasteiger partial charge in [0.25, 0.3) is 0 Å². The van der Waals surface area contributed by atoms with Crippen molar-refractivity contribution < 1.29 is 5.11 Å². The van der Waals surface area contributed by atoms with Crippen molar-refractivity contribution in [2.75, 3.05) is 0 Å². The molecule has 0 amide bonds. The first kappa shape index (κ1) is 18.4. The summed E-state index contributed by atoms with van der Waals surface area (Å²) in [5.41, 5.74) is 2.63. The van der Waals surface area contributed by atoms with Crippen LogP contribution in [0.4, 0.5) is 0 Å². The molecule has 0 aromatic carbocycles. The fraction of sp³-hybridized carbons (Fsp3) is 0.0833. The molecule has 8 heteroatoms. The van der Waals surface area contributed by atoms with Gasteiger partial charge in [0.15, 0.2) is 0 Å². The first-order valence-electron chi connectivity index (χ1n) is 5.18. The zero-order valence-corrected chi connectivity index (χ0v) is 12.9. The van der Waals surface area contributed by atoms with Crippen molar-refractivity contribution in [1.29, 1.82) is 0 Å². The van der Waals surface area contributed by atoms with E-state index in [0.29, 0.717) is 5.78 Å². The van der Waals surface area contributed by atoms with E-state index in [2.05, 4.69) is 15.0 Å². The zero-order chi connectivity index (χ0) is 11.8. The highest BCUT2D eigenvalue weighted by atomic mass is 35.5. The van der Waals surface area contributed by atoms with Gasteiger partial charge in [-0.1, -0.05) is 0 Å². The van der Waals surface area contributed by atoms with Gasteiger partial charge in [0.1, 0.15) is 5.75 Å². The molecule has 3 rings (SSSR count). The Kier molecular flexibility index (Phi) is 6.72. The molecular weight excluding hydrogens is 323 g/mol. The molecule has 0 saturated carbocycles. The van der Waals surface area contributed by atoms with Crippen LogP contribution in [0, 0.1) is 6.92 Å². The molecule has 5 nitrogen and oxygen atoms in total. The van der Waals surface area contributed by atoms with Crippen molar-refractivity contribution >= 4 is 43.0 Å². The summed E-state index contributed by atoms with van der Waals surface area (Å²) in [6.07, 6.45) is 8.63. The third-order valence-corrected chi connectivity index (χ3v) is 2.49. The molecule has 0 saturated heterocycles. The third kappa shape index (κ3) is 3.50. The Morgan fingerprint density at radius 3 is 2.45 bits per heavy atom. The Balaban J connectivity index is 0.00000120. The van der Waals surface area contributed by atoms with E-state index in [1.165, 1.54) is 6.20 Å². The topological polar surface area (TPSA) is 63.3 Å². The molecule has 108 valence electrons. The number of imidazole rings is 1. The van der Waals surface area contributed by atoms with Crippen LogP contribution in [0.25, 0.3) is 16.9 Å². The molecule has 1 N–H and O–H groups in total. The monoisotopic (exact) mass is 334 g/mol. The van der Waals surface area contributed by atoms with Crippen molar-refractivity contribution in [3.05, 3.63) is 42.7 Å². The minimum absolute atomic E-state index is 0. The zero-order valence-electron chi connectivity index (χ0n) is 10.4. The van der Waals surface area contributed by atoms with E-state index >= 15 is 0 Å². The van der Waals surface area contributed by atoms with Crippen LogP contribution in [0.15, 0.2) is 37.1 Å². The molecule has 3 heterocycles. The van der Waals surface area contributed by atoms with E-state index in [1.54, 1.807) is 18.5 Å². The van der Waals surface area contributed by atoms with Crippen molar-refractivity contribution in [3.63, 3.8) is 0 Å². The molecule has 0 unspecified atom stereocenters. The van der Waals surface area contributed by atoms with E-state index in [-0.39, 0.29) is 43.0 Å². The Bertz CT molecular complexity index is 702. The maximum atomic E-state index is 9.39. The summed E-state index contributed by atoms with van der Waals surface area (Å²) in [5, 5.41) is 9.39. The Hall–Kier alpha value is -1.56. The Morgan fingerprint density at radius 1 is 1.00 bits per heavy atom. The number of hydrogen-bond donors (Lipinski definition) is 1. The number of halogens is 3. The van der Waals surface area contributed by atoms with Gasteiger partial charge >= 0.3 is 0 Å². The lowest BCUT2D eigenvalue weighted by Gasteiger charge is -2.01. The predicted octanol–water partition coefficient (Wildman–Crippen LogP) is 3.07. The summed E-state index contributed by atoms with van der Waals surface area (Å²) in [6.45, 7) is 1.92. The van der Waals surface area contributed by atoms with Crippen LogP contribution in [-0.2, 0) is 0 Å². The molecule has 0 fully saturated rings. The van der Waals surface area contributed by atoms with E-state index < -0.39 is 0 Å². The SMILES string of the molecule is Cc1cn2cc(-c3cncc(O)c3)cnc2n1.Cl.Cl.Cl. The maximum absolute atomic E-state index is 9.39. The van der Waals surface area contributed by atoms with Gasteiger partial charge in [-0.05, 0) is 13.0 Å². The van der Waals surface area contributed by atoms with Crippen LogP contribution in [0.3, 0.4) is 0 Å². The normalized spacial score (nSPS) is 9.25. The summed E-state index contributed by atoms with van der Waals surface area (Å²) >= 11 is 0. The Morgan fingerprint density at radius 2 is 1.75 bits per heavy atom. The van der Waals surface area contributed by atoms with Crippen LogP contribution in [0.5, 0.6) is 5.75 Å². The molecule has 3 aromatic heterocycles. The average Bonchev–Trinajstić information content (AvgIpc) is 2.68. The summed E-state index contributed by atoms with van der Waals surface area (Å²) < 4.78 is 1.86. The van der Waals surface area contributed by atoms with Gasteiger partial charge in [-0.2, -0.15) is 0 Å². The predicted molar refractivity (Wildman–Crippen MR) is 84.4 cm³/mol. The minimum atomic E-state index is 0.